The van der Waals surface area contributed by atoms with Crippen LogP contribution in [0.1, 0.15) is 84.0 Å². The molecule has 0 saturated carbocycles. The highest BCUT2D eigenvalue weighted by atomic mass is 35.7. The second-order valence-corrected chi connectivity index (χ2v) is 18.1. The Labute approximate surface area is 318 Å². The van der Waals surface area contributed by atoms with Crippen LogP contribution in [-0.4, -0.2) is 103 Å². The Balaban J connectivity index is 4.10. The molecule has 0 aromatic heterocycles. The van der Waals surface area contributed by atoms with E-state index in [4.69, 9.17) is 59.7 Å². The number of hydrogen-bond acceptors (Lipinski definition) is 8. The van der Waals surface area contributed by atoms with Crippen molar-refractivity contribution in [2.75, 3.05) is 54.2 Å². The largest absolute Gasteiger partial charge is 0.460 e. The Hall–Kier alpha value is -0.573. The summed E-state index contributed by atoms with van der Waals surface area (Å²) >= 11 is 12.4. The highest BCUT2D eigenvalue weighted by Crippen LogP contribution is 2.62. The first-order valence-electron chi connectivity index (χ1n) is 16.7. The molecule has 8 nitrogen and oxygen atoms in total. The first kappa shape index (κ1) is 54.4. The minimum absolute atomic E-state index is 0.00600. The summed E-state index contributed by atoms with van der Waals surface area (Å²) in [6, 6.07) is 0.408. The van der Waals surface area contributed by atoms with Crippen LogP contribution in [0.4, 0.5) is 65.9 Å². The van der Waals surface area contributed by atoms with Crippen LogP contribution in [0, 0.1) is 0 Å². The van der Waals surface area contributed by atoms with E-state index in [1.165, 1.54) is 0 Å². The van der Waals surface area contributed by atoms with Gasteiger partial charge >= 0.3 is 48.6 Å². The second-order valence-electron chi connectivity index (χ2n) is 11.8. The fourth-order valence-corrected chi connectivity index (χ4v) is 6.40. The lowest BCUT2D eigenvalue weighted by Crippen LogP contribution is -2.72. The lowest BCUT2D eigenvalue weighted by molar-refractivity contribution is -0.452. The molecule has 0 fully saturated rings. The van der Waals surface area contributed by atoms with Crippen molar-refractivity contribution in [2.24, 2.45) is 0 Å². The first-order chi connectivity index (χ1) is 25.3. The Bertz CT molecular complexity index is 1020. The molecule has 0 spiro atoms. The summed E-state index contributed by atoms with van der Waals surface area (Å²) in [5.74, 6) is -46.1. The fraction of sp³-hybridized carbons (Fsp3) is 1.00. The minimum atomic E-state index is -8.25. The molecule has 55 heavy (non-hydrogen) atoms. The summed E-state index contributed by atoms with van der Waals surface area (Å²) in [7, 11) is 0. The van der Waals surface area contributed by atoms with Crippen LogP contribution in [0.3, 0.4) is 0 Å². The van der Waals surface area contributed by atoms with E-state index in [0.717, 1.165) is 25.7 Å². The van der Waals surface area contributed by atoms with Gasteiger partial charge in [-0.15, -0.1) is 22.2 Å². The van der Waals surface area contributed by atoms with E-state index in [1.807, 2.05) is 6.92 Å². The van der Waals surface area contributed by atoms with Gasteiger partial charge in [0.2, 0.25) is 0 Å². The van der Waals surface area contributed by atoms with Gasteiger partial charge < -0.3 is 37.6 Å². The molecule has 0 rings (SSSR count). The van der Waals surface area contributed by atoms with Crippen molar-refractivity contribution < 1.29 is 103 Å². The monoisotopic (exact) mass is 904 g/mol. The quantitative estimate of drug-likeness (QED) is 0.0205. The van der Waals surface area contributed by atoms with Gasteiger partial charge in [0.15, 0.2) is 34.0 Å². The second kappa shape index (κ2) is 25.1. The molecular formula is C29H45Cl2F15O8Si. The van der Waals surface area contributed by atoms with Crippen molar-refractivity contribution in [3.05, 3.63) is 0 Å². The number of unbranched alkanes of at least 4 members (excludes halogenated alkanes) is 10. The predicted molar refractivity (Wildman–Crippen MR) is 167 cm³/mol. The molecule has 0 aromatic carbocycles. The maximum absolute atomic E-state index is 13.9. The number of ether oxygens (including phenoxy) is 7. The van der Waals surface area contributed by atoms with Gasteiger partial charge in [0.05, 0.1) is 0 Å². The average molecular weight is 906 g/mol. The van der Waals surface area contributed by atoms with Gasteiger partial charge in [0.25, 0.3) is 0 Å². The van der Waals surface area contributed by atoms with E-state index >= 15 is 0 Å². The molecule has 0 radical (unpaired) electrons. The Morgan fingerprint density at radius 1 is 0.382 bits per heavy atom. The number of alkyl halides is 15. The molecule has 26 heteroatoms. The third-order valence-corrected chi connectivity index (χ3v) is 10.7. The topological polar surface area (TPSA) is 73.8 Å². The third-order valence-electron chi connectivity index (χ3n) is 7.41. The zero-order valence-corrected chi connectivity index (χ0v) is 32.1. The molecule has 0 amide bonds. The average Bonchev–Trinajstić information content (AvgIpc) is 3.07. The summed E-state index contributed by atoms with van der Waals surface area (Å²) in [4.78, 5) is 0. The van der Waals surface area contributed by atoms with Gasteiger partial charge in [-0.1, -0.05) is 64.2 Å². The van der Waals surface area contributed by atoms with Crippen LogP contribution in [0.25, 0.3) is 0 Å². The highest BCUT2D eigenvalue weighted by molar-refractivity contribution is 7.42. The molecule has 0 aromatic rings. The van der Waals surface area contributed by atoms with Gasteiger partial charge in [-0.3, -0.25) is 0 Å². The van der Waals surface area contributed by atoms with E-state index in [-0.39, 0.29) is 60.4 Å². The summed E-state index contributed by atoms with van der Waals surface area (Å²) in [6.45, 7) is -1.28. The van der Waals surface area contributed by atoms with Crippen LogP contribution in [0.5, 0.6) is 0 Å². The fourth-order valence-electron chi connectivity index (χ4n) is 4.27. The van der Waals surface area contributed by atoms with Crippen LogP contribution in [0.2, 0.25) is 6.04 Å². The Morgan fingerprint density at radius 3 is 1.07 bits per heavy atom. The molecule has 0 aliphatic rings. The maximum atomic E-state index is 13.9. The normalized spacial score (nSPS) is 14.3. The molecule has 0 heterocycles. The van der Waals surface area contributed by atoms with Crippen LogP contribution in [0.15, 0.2) is 0 Å². The molecular weight excluding hydrogens is 860 g/mol. The first-order valence-corrected chi connectivity index (χ1v) is 20.8. The SMILES string of the molecule is CCOCOCOCOCOCOCOCO[Si](Cl)(Cl)CCCCCCCCCCCCCC(F)(F)C(F)(F)C(F)(F)C(F)(F)C(F)(F)C(F)(F)C(F)(F)F. The van der Waals surface area contributed by atoms with Crippen molar-refractivity contribution in [2.45, 2.75) is 132 Å². The van der Waals surface area contributed by atoms with Gasteiger partial charge in [-0.05, 0) is 19.4 Å². The van der Waals surface area contributed by atoms with Crippen molar-refractivity contribution in [1.29, 1.82) is 0 Å². The molecule has 0 aliphatic carbocycles. The van der Waals surface area contributed by atoms with Gasteiger partial charge in [-0.25, -0.2) is 0 Å². The molecule has 0 bridgehead atoms. The summed E-state index contributed by atoms with van der Waals surface area (Å²) in [6.07, 6.45) is -5.83. The highest BCUT2D eigenvalue weighted by Gasteiger charge is 2.93. The molecule has 0 saturated heterocycles. The standard InChI is InChI=1S/C29H45Cl2F15O8Si/c1-2-47-16-48-17-49-18-50-19-51-20-52-21-53-22-54-55(30,31)15-13-11-9-7-5-3-4-6-8-10-12-14-23(32,33)24(34,35)25(36,37)26(38,39)27(40,41)28(42,43)29(44,45)46/h2-22H2,1H3. The van der Waals surface area contributed by atoms with Crippen LogP contribution >= 0.6 is 22.2 Å². The van der Waals surface area contributed by atoms with Crippen molar-refractivity contribution >= 4 is 29.1 Å². The number of rotatable bonds is 35. The molecule has 0 atom stereocenters. The van der Waals surface area contributed by atoms with E-state index in [2.05, 4.69) is 0 Å². The lowest BCUT2D eigenvalue weighted by Gasteiger charge is -2.41. The van der Waals surface area contributed by atoms with Crippen molar-refractivity contribution in [3.63, 3.8) is 0 Å². The zero-order chi connectivity index (χ0) is 42.5. The van der Waals surface area contributed by atoms with Gasteiger partial charge in [0.1, 0.15) is 13.6 Å². The Kier molecular flexibility index (Phi) is 24.9. The van der Waals surface area contributed by atoms with Crippen molar-refractivity contribution in [1.82, 2.24) is 0 Å². The molecule has 0 aliphatic heterocycles. The van der Waals surface area contributed by atoms with Crippen molar-refractivity contribution in [3.8, 4) is 0 Å². The molecule has 0 N–H and O–H groups in total. The van der Waals surface area contributed by atoms with Gasteiger partial charge in [-0.2, -0.15) is 65.9 Å². The predicted octanol–water partition coefficient (Wildman–Crippen LogP) is 11.3. The van der Waals surface area contributed by atoms with Gasteiger partial charge in [0, 0.05) is 13.0 Å². The van der Waals surface area contributed by atoms with E-state index in [9.17, 15) is 65.9 Å². The van der Waals surface area contributed by atoms with E-state index in [0.29, 0.717) is 38.3 Å². The third kappa shape index (κ3) is 17.7. The zero-order valence-electron chi connectivity index (χ0n) is 29.5. The van der Waals surface area contributed by atoms with E-state index < -0.39 is 61.5 Å². The van der Waals surface area contributed by atoms with Crippen LogP contribution < -0.4 is 0 Å². The summed E-state index contributed by atoms with van der Waals surface area (Å²) in [5, 5.41) is 0. The number of halogens is 17. The smallest absolute Gasteiger partial charge is 0.368 e. The Morgan fingerprint density at radius 2 is 0.691 bits per heavy atom. The maximum Gasteiger partial charge on any atom is 0.460 e. The molecule has 332 valence electrons. The molecule has 0 unspecified atom stereocenters. The minimum Gasteiger partial charge on any atom is -0.368 e. The summed E-state index contributed by atoms with van der Waals surface area (Å²) < 4.78 is 240. The lowest BCUT2D eigenvalue weighted by atomic mass is 9.89. The van der Waals surface area contributed by atoms with Crippen LogP contribution in [-0.2, 0) is 37.6 Å². The van der Waals surface area contributed by atoms with E-state index in [1.54, 1.807) is 0 Å². The number of hydrogen-bond donors (Lipinski definition) is 0. The summed E-state index contributed by atoms with van der Waals surface area (Å²) in [5.41, 5.74) is 0.